The highest BCUT2D eigenvalue weighted by Gasteiger charge is 2.24. The summed E-state index contributed by atoms with van der Waals surface area (Å²) in [5, 5.41) is 6.39. The summed E-state index contributed by atoms with van der Waals surface area (Å²) < 4.78 is 0. The van der Waals surface area contributed by atoms with Crippen LogP contribution in [0.15, 0.2) is 18.2 Å². The van der Waals surface area contributed by atoms with Crippen LogP contribution in [0.25, 0.3) is 0 Å². The molecule has 0 saturated carbocycles. The number of nitrogens with one attached hydrogen (secondary N) is 2. The lowest BCUT2D eigenvalue weighted by Crippen LogP contribution is -2.40. The average Bonchev–Trinajstić information content (AvgIpc) is 2.38. The first kappa shape index (κ1) is 14.8. The van der Waals surface area contributed by atoms with Gasteiger partial charge in [-0.25, -0.2) is 0 Å². The Labute approximate surface area is 122 Å². The normalized spacial score (nSPS) is 22.3. The number of piperidine rings is 1. The number of amides is 2. The van der Waals surface area contributed by atoms with Crippen LogP contribution >= 0.6 is 11.6 Å². The number of nitrogens with two attached hydrogens (primary N) is 1. The smallest absolute Gasteiger partial charge is 0.250 e. The molecular weight excluding hydrogens is 278 g/mol. The molecule has 1 aliphatic rings. The van der Waals surface area contributed by atoms with Gasteiger partial charge in [0.05, 0.1) is 10.6 Å². The van der Waals surface area contributed by atoms with Crippen molar-refractivity contribution in [1.29, 1.82) is 0 Å². The molecule has 0 radical (unpaired) electrons. The quantitative estimate of drug-likeness (QED) is 0.794. The fourth-order valence-electron chi connectivity index (χ4n) is 2.41. The number of rotatable bonds is 3. The van der Waals surface area contributed by atoms with Crippen molar-refractivity contribution in [2.45, 2.75) is 25.8 Å². The fraction of sp³-hybridized carbons (Fsp3) is 0.429. The third-order valence-electron chi connectivity index (χ3n) is 3.50. The predicted molar refractivity (Wildman–Crippen MR) is 78.8 cm³/mol. The summed E-state index contributed by atoms with van der Waals surface area (Å²) in [6.45, 7) is 2.92. The van der Waals surface area contributed by atoms with Crippen LogP contribution in [0.2, 0.25) is 5.02 Å². The largest absolute Gasteiger partial charge is 0.366 e. The summed E-state index contributed by atoms with van der Waals surface area (Å²) in [6, 6.07) is 5.05. The van der Waals surface area contributed by atoms with Gasteiger partial charge in [-0.05, 0) is 44.5 Å². The SMILES string of the molecule is C[C@H]1C[C@@H](C(=O)Nc2ccc(C(N)=O)c(Cl)c2)CCN1. The van der Waals surface area contributed by atoms with Gasteiger partial charge in [0.2, 0.25) is 11.8 Å². The highest BCUT2D eigenvalue weighted by Crippen LogP contribution is 2.23. The van der Waals surface area contributed by atoms with Crippen LogP contribution < -0.4 is 16.4 Å². The van der Waals surface area contributed by atoms with E-state index in [0.29, 0.717) is 11.7 Å². The van der Waals surface area contributed by atoms with E-state index in [-0.39, 0.29) is 22.4 Å². The second-order valence-corrected chi connectivity index (χ2v) is 5.53. The predicted octanol–water partition coefficient (Wildman–Crippen LogP) is 1.77. The van der Waals surface area contributed by atoms with Gasteiger partial charge in [0.1, 0.15) is 0 Å². The first-order valence-corrected chi connectivity index (χ1v) is 6.98. The van der Waals surface area contributed by atoms with Crippen molar-refractivity contribution in [3.63, 3.8) is 0 Å². The minimum atomic E-state index is -0.583. The molecule has 4 N–H and O–H groups in total. The fourth-order valence-corrected chi connectivity index (χ4v) is 2.68. The topological polar surface area (TPSA) is 84.2 Å². The minimum Gasteiger partial charge on any atom is -0.366 e. The molecular formula is C14H18ClN3O2. The standard InChI is InChI=1S/C14H18ClN3O2/c1-8-6-9(4-5-17-8)14(20)18-10-2-3-11(13(16)19)12(15)7-10/h2-3,7-9,17H,4-6H2,1H3,(H2,16,19)(H,18,20)/t8-,9-/m0/s1. The van der Waals surface area contributed by atoms with Crippen molar-refractivity contribution in [2.75, 3.05) is 11.9 Å². The summed E-state index contributed by atoms with van der Waals surface area (Å²) in [4.78, 5) is 23.3. The van der Waals surface area contributed by atoms with Crippen LogP contribution in [-0.2, 0) is 4.79 Å². The van der Waals surface area contributed by atoms with Gasteiger partial charge in [-0.2, -0.15) is 0 Å². The summed E-state index contributed by atoms with van der Waals surface area (Å²) in [6.07, 6.45) is 1.64. The molecule has 0 bridgehead atoms. The molecule has 1 aliphatic heterocycles. The molecule has 2 atom stereocenters. The number of carbonyl (C=O) groups excluding carboxylic acids is 2. The maximum absolute atomic E-state index is 12.2. The van der Waals surface area contributed by atoms with Crippen molar-refractivity contribution in [3.05, 3.63) is 28.8 Å². The zero-order valence-electron chi connectivity index (χ0n) is 11.3. The Morgan fingerprint density at radius 1 is 1.45 bits per heavy atom. The Kier molecular flexibility index (Phi) is 4.62. The van der Waals surface area contributed by atoms with Gasteiger partial charge in [0.25, 0.3) is 0 Å². The molecule has 2 rings (SSSR count). The minimum absolute atomic E-state index is 0.000780. The summed E-state index contributed by atoms with van der Waals surface area (Å²) in [7, 11) is 0. The molecule has 1 fully saturated rings. The summed E-state index contributed by atoms with van der Waals surface area (Å²) in [5.41, 5.74) is 6.01. The number of carbonyl (C=O) groups is 2. The van der Waals surface area contributed by atoms with E-state index < -0.39 is 5.91 Å². The monoisotopic (exact) mass is 295 g/mol. The number of primary amides is 1. The highest BCUT2D eigenvalue weighted by molar-refractivity contribution is 6.34. The Morgan fingerprint density at radius 2 is 2.20 bits per heavy atom. The van der Waals surface area contributed by atoms with Gasteiger partial charge in [-0.1, -0.05) is 11.6 Å². The average molecular weight is 296 g/mol. The molecule has 5 nitrogen and oxygen atoms in total. The zero-order chi connectivity index (χ0) is 14.7. The molecule has 1 saturated heterocycles. The number of halogens is 1. The third-order valence-corrected chi connectivity index (χ3v) is 3.81. The van der Waals surface area contributed by atoms with Gasteiger partial charge in [-0.3, -0.25) is 9.59 Å². The van der Waals surface area contributed by atoms with Crippen molar-refractivity contribution < 1.29 is 9.59 Å². The second-order valence-electron chi connectivity index (χ2n) is 5.12. The maximum atomic E-state index is 12.2. The van der Waals surface area contributed by atoms with Crippen LogP contribution in [-0.4, -0.2) is 24.4 Å². The first-order chi connectivity index (χ1) is 9.47. The van der Waals surface area contributed by atoms with Gasteiger partial charge >= 0.3 is 0 Å². The van der Waals surface area contributed by atoms with Gasteiger partial charge in [0, 0.05) is 17.6 Å². The number of anilines is 1. The number of hydrogen-bond donors (Lipinski definition) is 3. The van der Waals surface area contributed by atoms with Crippen LogP contribution in [0.5, 0.6) is 0 Å². The first-order valence-electron chi connectivity index (χ1n) is 6.61. The molecule has 0 spiro atoms. The molecule has 1 heterocycles. The van der Waals surface area contributed by atoms with Crippen LogP contribution in [0.4, 0.5) is 5.69 Å². The molecule has 0 unspecified atom stereocenters. The van der Waals surface area contributed by atoms with Crippen molar-refractivity contribution in [3.8, 4) is 0 Å². The Hall–Kier alpha value is -1.59. The van der Waals surface area contributed by atoms with E-state index in [1.165, 1.54) is 6.07 Å². The van der Waals surface area contributed by atoms with Crippen molar-refractivity contribution in [2.24, 2.45) is 11.7 Å². The summed E-state index contributed by atoms with van der Waals surface area (Å²) >= 11 is 5.95. The van der Waals surface area contributed by atoms with E-state index in [0.717, 1.165) is 19.4 Å². The third kappa shape index (κ3) is 3.49. The van der Waals surface area contributed by atoms with Crippen LogP contribution in [0, 0.1) is 5.92 Å². The Morgan fingerprint density at radius 3 is 2.80 bits per heavy atom. The van der Waals surface area contributed by atoms with Gasteiger partial charge in [-0.15, -0.1) is 0 Å². The molecule has 108 valence electrons. The maximum Gasteiger partial charge on any atom is 0.250 e. The molecule has 2 amide bonds. The van der Waals surface area contributed by atoms with E-state index in [4.69, 9.17) is 17.3 Å². The number of hydrogen-bond acceptors (Lipinski definition) is 3. The lowest BCUT2D eigenvalue weighted by atomic mass is 9.92. The van der Waals surface area contributed by atoms with Crippen LogP contribution in [0.3, 0.4) is 0 Å². The van der Waals surface area contributed by atoms with Gasteiger partial charge in [0.15, 0.2) is 0 Å². The van der Waals surface area contributed by atoms with Gasteiger partial charge < -0.3 is 16.4 Å². The Bertz CT molecular complexity index is 533. The van der Waals surface area contributed by atoms with E-state index >= 15 is 0 Å². The molecule has 0 aromatic heterocycles. The van der Waals surface area contributed by atoms with Crippen molar-refractivity contribution >= 4 is 29.1 Å². The second kappa shape index (κ2) is 6.24. The summed E-state index contributed by atoms with van der Waals surface area (Å²) in [5.74, 6) is -0.595. The van der Waals surface area contributed by atoms with E-state index in [1.54, 1.807) is 12.1 Å². The molecule has 20 heavy (non-hydrogen) atoms. The molecule has 6 heteroatoms. The van der Waals surface area contributed by atoms with E-state index in [1.807, 2.05) is 0 Å². The lowest BCUT2D eigenvalue weighted by molar-refractivity contribution is -0.120. The Balaban J connectivity index is 2.04. The highest BCUT2D eigenvalue weighted by atomic mass is 35.5. The van der Waals surface area contributed by atoms with E-state index in [9.17, 15) is 9.59 Å². The zero-order valence-corrected chi connectivity index (χ0v) is 12.0. The van der Waals surface area contributed by atoms with E-state index in [2.05, 4.69) is 17.6 Å². The molecule has 1 aromatic rings. The molecule has 0 aliphatic carbocycles. The molecule has 1 aromatic carbocycles. The lowest BCUT2D eigenvalue weighted by Gasteiger charge is -2.27. The van der Waals surface area contributed by atoms with Crippen molar-refractivity contribution in [1.82, 2.24) is 5.32 Å². The van der Waals surface area contributed by atoms with Crippen LogP contribution in [0.1, 0.15) is 30.1 Å². The number of benzene rings is 1.